The van der Waals surface area contributed by atoms with Crippen LogP contribution in [0.1, 0.15) is 40.0 Å². The van der Waals surface area contributed by atoms with E-state index in [0.717, 1.165) is 11.3 Å². The standard InChI is InChI=1S/C27H27F4N5O3S/c1-40(39)13-22(37)33-25-23-21(34-36(25)19-9-6-17(7-10-19)24(28)29)12-18(32-26(23)38)8-5-16-3-2-4-20(11-16)35-14-27(30,31)15-35/h2-4,6-7,9-11,18,24H,5,8,12-15H2,1H3,(H,32,38)(H,33,37). The number of aryl methyl sites for hydroxylation is 1. The molecule has 0 spiro atoms. The lowest BCUT2D eigenvalue weighted by Gasteiger charge is -2.40. The van der Waals surface area contributed by atoms with Crippen molar-refractivity contribution in [1.29, 1.82) is 0 Å². The van der Waals surface area contributed by atoms with Crippen molar-refractivity contribution in [2.75, 3.05) is 35.3 Å². The number of alkyl halides is 4. The zero-order chi connectivity index (χ0) is 28.6. The van der Waals surface area contributed by atoms with Crippen molar-refractivity contribution >= 4 is 34.1 Å². The third-order valence-corrected chi connectivity index (χ3v) is 7.51. The first kappa shape index (κ1) is 27.8. The van der Waals surface area contributed by atoms with Crippen LogP contribution in [0.5, 0.6) is 0 Å². The molecule has 2 atom stereocenters. The Kier molecular flexibility index (Phi) is 7.67. The van der Waals surface area contributed by atoms with Crippen LogP contribution >= 0.6 is 0 Å². The zero-order valence-corrected chi connectivity index (χ0v) is 22.3. The molecule has 3 heterocycles. The summed E-state index contributed by atoms with van der Waals surface area (Å²) in [6.45, 7) is -0.614. The van der Waals surface area contributed by atoms with Crippen LogP contribution in [0.15, 0.2) is 48.5 Å². The van der Waals surface area contributed by atoms with Crippen LogP contribution in [0.4, 0.5) is 29.1 Å². The van der Waals surface area contributed by atoms with E-state index < -0.39 is 35.0 Å². The number of fused-ring (bicyclic) bond motifs is 1. The minimum atomic E-state index is -2.67. The third kappa shape index (κ3) is 6.03. The Hall–Kier alpha value is -3.74. The van der Waals surface area contributed by atoms with Crippen molar-refractivity contribution in [3.05, 3.63) is 70.9 Å². The van der Waals surface area contributed by atoms with Crippen LogP contribution in [0, 0.1) is 0 Å². The molecule has 0 aliphatic carbocycles. The molecule has 0 bridgehead atoms. The first-order valence-electron chi connectivity index (χ1n) is 12.6. The number of benzene rings is 2. The quantitative estimate of drug-likeness (QED) is 0.377. The number of halogens is 4. The maximum Gasteiger partial charge on any atom is 0.282 e. The summed E-state index contributed by atoms with van der Waals surface area (Å²) in [7, 11) is -1.43. The van der Waals surface area contributed by atoms with Crippen molar-refractivity contribution in [2.24, 2.45) is 0 Å². The highest BCUT2D eigenvalue weighted by Gasteiger charge is 2.44. The summed E-state index contributed by atoms with van der Waals surface area (Å²) in [5.41, 5.74) is 2.43. The van der Waals surface area contributed by atoms with E-state index in [0.29, 0.717) is 30.6 Å². The van der Waals surface area contributed by atoms with E-state index in [1.807, 2.05) is 18.2 Å². The van der Waals surface area contributed by atoms with E-state index in [4.69, 9.17) is 0 Å². The average Bonchev–Trinajstić information content (AvgIpc) is 3.24. The summed E-state index contributed by atoms with van der Waals surface area (Å²) in [5.74, 6) is -3.91. The first-order chi connectivity index (χ1) is 19.0. The Morgan fingerprint density at radius 3 is 2.55 bits per heavy atom. The Balaban J connectivity index is 1.36. The molecule has 13 heteroatoms. The van der Waals surface area contributed by atoms with E-state index in [1.165, 1.54) is 35.2 Å². The van der Waals surface area contributed by atoms with E-state index >= 15 is 0 Å². The van der Waals surface area contributed by atoms with Gasteiger partial charge in [0.2, 0.25) is 5.91 Å². The minimum Gasteiger partial charge on any atom is -0.359 e. The third-order valence-electron chi connectivity index (χ3n) is 6.84. The number of anilines is 2. The smallest absolute Gasteiger partial charge is 0.282 e. The number of carbonyl (C=O) groups excluding carboxylic acids is 2. The Morgan fingerprint density at radius 2 is 1.90 bits per heavy atom. The number of nitrogens with zero attached hydrogens (tertiary/aromatic N) is 3. The van der Waals surface area contributed by atoms with Crippen molar-refractivity contribution in [3.63, 3.8) is 0 Å². The number of hydrogen-bond acceptors (Lipinski definition) is 5. The molecule has 212 valence electrons. The topological polar surface area (TPSA) is 96.3 Å². The molecule has 2 aliphatic heterocycles. The van der Waals surface area contributed by atoms with Crippen LogP contribution in [-0.4, -0.2) is 62.9 Å². The van der Waals surface area contributed by atoms with Gasteiger partial charge in [-0.1, -0.05) is 24.3 Å². The van der Waals surface area contributed by atoms with Crippen molar-refractivity contribution in [1.82, 2.24) is 15.1 Å². The summed E-state index contributed by atoms with van der Waals surface area (Å²) < 4.78 is 65.6. The minimum absolute atomic E-state index is 0.0743. The van der Waals surface area contributed by atoms with Crippen LogP contribution in [0.3, 0.4) is 0 Å². The number of rotatable bonds is 9. The Bertz CT molecular complexity index is 1450. The van der Waals surface area contributed by atoms with Crippen molar-refractivity contribution in [3.8, 4) is 5.69 Å². The molecular weight excluding hydrogens is 550 g/mol. The van der Waals surface area contributed by atoms with Gasteiger partial charge in [-0.15, -0.1) is 0 Å². The molecule has 0 radical (unpaired) electrons. The summed E-state index contributed by atoms with van der Waals surface area (Å²) in [5, 5.41) is 10.1. The van der Waals surface area contributed by atoms with Crippen molar-refractivity contribution < 1.29 is 31.4 Å². The predicted octanol–water partition coefficient (Wildman–Crippen LogP) is 3.87. The molecule has 2 N–H and O–H groups in total. The molecule has 1 aromatic heterocycles. The fourth-order valence-electron chi connectivity index (χ4n) is 4.92. The molecule has 2 unspecified atom stereocenters. The highest BCUT2D eigenvalue weighted by molar-refractivity contribution is 7.85. The number of carbonyl (C=O) groups is 2. The SMILES string of the molecule is CS(=O)CC(=O)Nc1c2c(nn1-c1ccc(C(F)F)cc1)CC(CCc1cccc(N3CC(F)(F)C3)c1)NC2=O. The molecule has 1 fully saturated rings. The second-order valence-electron chi connectivity index (χ2n) is 10.0. The highest BCUT2D eigenvalue weighted by Crippen LogP contribution is 2.33. The Labute approximate surface area is 230 Å². The molecule has 2 aromatic carbocycles. The van der Waals surface area contributed by atoms with Gasteiger partial charge in [-0.2, -0.15) is 5.10 Å². The van der Waals surface area contributed by atoms with Gasteiger partial charge in [0.1, 0.15) is 17.1 Å². The van der Waals surface area contributed by atoms with Crippen LogP contribution in [0.2, 0.25) is 0 Å². The summed E-state index contributed by atoms with van der Waals surface area (Å²) in [6.07, 6.45) is 0.209. The lowest BCUT2D eigenvalue weighted by molar-refractivity contribution is -0.113. The number of nitrogens with one attached hydrogen (secondary N) is 2. The maximum atomic E-state index is 13.3. The summed E-state index contributed by atoms with van der Waals surface area (Å²) in [4.78, 5) is 27.3. The van der Waals surface area contributed by atoms with E-state index in [9.17, 15) is 31.4 Å². The molecule has 3 aromatic rings. The van der Waals surface area contributed by atoms with Gasteiger partial charge >= 0.3 is 0 Å². The van der Waals surface area contributed by atoms with Crippen LogP contribution < -0.4 is 15.5 Å². The second kappa shape index (κ2) is 11.0. The van der Waals surface area contributed by atoms with Gasteiger partial charge in [-0.05, 0) is 42.7 Å². The fraction of sp³-hybridized carbons (Fsp3) is 0.370. The van der Waals surface area contributed by atoms with Crippen LogP contribution in [0.25, 0.3) is 5.69 Å². The molecule has 0 saturated carbocycles. The van der Waals surface area contributed by atoms with Gasteiger partial charge in [0.15, 0.2) is 0 Å². The van der Waals surface area contributed by atoms with E-state index in [2.05, 4.69) is 15.7 Å². The zero-order valence-electron chi connectivity index (χ0n) is 21.5. The highest BCUT2D eigenvalue weighted by atomic mass is 32.2. The molecule has 8 nitrogen and oxygen atoms in total. The lowest BCUT2D eigenvalue weighted by Crippen LogP contribution is -2.56. The largest absolute Gasteiger partial charge is 0.359 e. The fourth-order valence-corrected chi connectivity index (χ4v) is 5.36. The molecule has 2 amide bonds. The van der Waals surface area contributed by atoms with E-state index in [1.54, 1.807) is 11.0 Å². The lowest BCUT2D eigenvalue weighted by atomic mass is 9.96. The van der Waals surface area contributed by atoms with Gasteiger partial charge in [0.05, 0.1) is 24.5 Å². The number of hydrogen-bond donors (Lipinski definition) is 2. The predicted molar refractivity (Wildman–Crippen MR) is 143 cm³/mol. The summed E-state index contributed by atoms with van der Waals surface area (Å²) >= 11 is 0. The normalized spacial score (nSPS) is 18.6. The van der Waals surface area contributed by atoms with Gasteiger partial charge < -0.3 is 15.5 Å². The van der Waals surface area contributed by atoms with Crippen molar-refractivity contribution in [2.45, 2.75) is 37.7 Å². The summed E-state index contributed by atoms with van der Waals surface area (Å²) in [6, 6.07) is 12.4. The van der Waals surface area contributed by atoms with Gasteiger partial charge in [0.25, 0.3) is 18.3 Å². The first-order valence-corrected chi connectivity index (χ1v) is 14.3. The molecular formula is C27H27F4N5O3S. The van der Waals surface area contributed by atoms with E-state index in [-0.39, 0.29) is 41.8 Å². The monoisotopic (exact) mass is 577 g/mol. The van der Waals surface area contributed by atoms with Gasteiger partial charge in [0, 0.05) is 40.8 Å². The molecule has 40 heavy (non-hydrogen) atoms. The number of aromatic nitrogens is 2. The second-order valence-corrected chi connectivity index (χ2v) is 11.5. The number of amides is 2. The molecule has 5 rings (SSSR count). The molecule has 1 saturated heterocycles. The van der Waals surface area contributed by atoms with Gasteiger partial charge in [-0.25, -0.2) is 22.2 Å². The maximum absolute atomic E-state index is 13.3. The molecule has 2 aliphatic rings. The average molecular weight is 578 g/mol. The van der Waals surface area contributed by atoms with Crippen LogP contribution in [-0.2, 0) is 28.4 Å². The Morgan fingerprint density at radius 1 is 1.18 bits per heavy atom. The van der Waals surface area contributed by atoms with Gasteiger partial charge in [-0.3, -0.25) is 13.8 Å².